The lowest BCUT2D eigenvalue weighted by atomic mass is 10.1. The van der Waals surface area contributed by atoms with Gasteiger partial charge in [0.25, 0.3) is 0 Å². The molecule has 7 heteroatoms. The molecule has 1 aliphatic heterocycles. The van der Waals surface area contributed by atoms with Crippen molar-refractivity contribution in [3.8, 4) is 0 Å². The van der Waals surface area contributed by atoms with E-state index in [2.05, 4.69) is 5.32 Å². The summed E-state index contributed by atoms with van der Waals surface area (Å²) >= 11 is 0. The number of nitrogens with one attached hydrogen (secondary N) is 1. The Hall–Kier alpha value is -2.83. The third-order valence-electron chi connectivity index (χ3n) is 3.30. The van der Waals surface area contributed by atoms with Gasteiger partial charge in [0.05, 0.1) is 6.42 Å². The molecule has 2 rings (SSSR count). The monoisotopic (exact) mass is 346 g/mol. The number of nitrogens with zero attached hydrogens (tertiary/aromatic N) is 1. The second-order valence-corrected chi connectivity index (χ2v) is 6.58. The quantitative estimate of drug-likeness (QED) is 0.846. The van der Waals surface area contributed by atoms with Crippen molar-refractivity contribution < 1.29 is 23.9 Å². The van der Waals surface area contributed by atoms with Gasteiger partial charge in [-0.1, -0.05) is 30.3 Å². The molecular weight excluding hydrogens is 324 g/mol. The summed E-state index contributed by atoms with van der Waals surface area (Å²) in [5, 5.41) is 2.48. The predicted octanol–water partition coefficient (Wildman–Crippen LogP) is 2.33. The Morgan fingerprint density at radius 2 is 1.88 bits per heavy atom. The average molecular weight is 346 g/mol. The van der Waals surface area contributed by atoms with E-state index in [0.717, 1.165) is 10.5 Å². The molecule has 0 spiro atoms. The minimum absolute atomic E-state index is 0.0742. The first-order valence-corrected chi connectivity index (χ1v) is 7.94. The Bertz CT molecular complexity index is 664. The van der Waals surface area contributed by atoms with Gasteiger partial charge in [-0.3, -0.25) is 14.5 Å². The second kappa shape index (κ2) is 7.83. The molecule has 1 aliphatic rings. The molecule has 0 bridgehead atoms. The van der Waals surface area contributed by atoms with Gasteiger partial charge in [0.1, 0.15) is 18.2 Å². The van der Waals surface area contributed by atoms with Crippen molar-refractivity contribution in [2.45, 2.75) is 45.4 Å². The smallest absolute Gasteiger partial charge is 0.414 e. The molecule has 2 amide bonds. The molecule has 134 valence electrons. The zero-order valence-electron chi connectivity index (χ0n) is 14.5. The highest BCUT2D eigenvalue weighted by atomic mass is 16.6. The van der Waals surface area contributed by atoms with E-state index in [1.54, 1.807) is 20.8 Å². The van der Waals surface area contributed by atoms with E-state index >= 15 is 0 Å². The van der Waals surface area contributed by atoms with E-state index in [1.165, 1.54) is 12.4 Å². The highest BCUT2D eigenvalue weighted by Crippen LogP contribution is 2.16. The van der Waals surface area contributed by atoms with Gasteiger partial charge in [-0.05, 0) is 26.3 Å². The van der Waals surface area contributed by atoms with Crippen LogP contribution in [0.15, 0.2) is 42.7 Å². The van der Waals surface area contributed by atoms with Crippen molar-refractivity contribution in [2.75, 3.05) is 0 Å². The largest absolute Gasteiger partial charge is 0.460 e. The van der Waals surface area contributed by atoms with E-state index < -0.39 is 29.6 Å². The van der Waals surface area contributed by atoms with Crippen LogP contribution in [0.2, 0.25) is 0 Å². The molecule has 1 heterocycles. The number of benzene rings is 1. The van der Waals surface area contributed by atoms with Gasteiger partial charge in [0.2, 0.25) is 5.91 Å². The fraction of sp³-hybridized carbons (Fsp3) is 0.389. The number of rotatable bonds is 4. The first kappa shape index (κ1) is 18.5. The Morgan fingerprint density at radius 1 is 1.20 bits per heavy atom. The summed E-state index contributed by atoms with van der Waals surface area (Å²) in [7, 11) is 0. The number of carbonyl (C=O) groups is 3. The van der Waals surface area contributed by atoms with Gasteiger partial charge in [-0.15, -0.1) is 0 Å². The Balaban J connectivity index is 2.01. The Kier molecular flexibility index (Phi) is 5.80. The van der Waals surface area contributed by atoms with Crippen LogP contribution in [0.1, 0.15) is 32.8 Å². The van der Waals surface area contributed by atoms with Gasteiger partial charge >= 0.3 is 12.1 Å². The number of carbonyl (C=O) groups excluding carboxylic acids is 3. The molecule has 0 radical (unpaired) electrons. The zero-order chi connectivity index (χ0) is 18.4. The molecule has 0 saturated heterocycles. The lowest BCUT2D eigenvalue weighted by molar-refractivity contribution is -0.157. The number of hydrogen-bond acceptors (Lipinski definition) is 5. The number of ether oxygens (including phenoxy) is 2. The molecule has 25 heavy (non-hydrogen) atoms. The van der Waals surface area contributed by atoms with Crippen molar-refractivity contribution in [3.63, 3.8) is 0 Å². The Morgan fingerprint density at radius 3 is 2.52 bits per heavy atom. The molecule has 0 fully saturated rings. The molecule has 1 aromatic rings. The van der Waals surface area contributed by atoms with Crippen LogP contribution in [0.4, 0.5) is 4.79 Å². The molecule has 1 N–H and O–H groups in total. The van der Waals surface area contributed by atoms with Gasteiger partial charge < -0.3 is 14.8 Å². The summed E-state index contributed by atoms with van der Waals surface area (Å²) in [6.07, 6.45) is 1.75. The first-order valence-electron chi connectivity index (χ1n) is 7.94. The molecule has 1 unspecified atom stereocenters. The molecule has 1 atom stereocenters. The molecule has 7 nitrogen and oxygen atoms in total. The number of amides is 2. The Labute approximate surface area is 146 Å². The number of hydrogen-bond donors (Lipinski definition) is 1. The van der Waals surface area contributed by atoms with Crippen LogP contribution in [0, 0.1) is 0 Å². The van der Waals surface area contributed by atoms with Crippen LogP contribution in [-0.2, 0) is 25.7 Å². The SMILES string of the molecule is CC(C)(C)OC(=O)CC1C(=O)NC=CN1C(=O)OCc1ccccc1. The van der Waals surface area contributed by atoms with Crippen LogP contribution in [0.25, 0.3) is 0 Å². The van der Waals surface area contributed by atoms with Crippen molar-refractivity contribution >= 4 is 18.0 Å². The van der Waals surface area contributed by atoms with Gasteiger partial charge in [0, 0.05) is 12.4 Å². The van der Waals surface area contributed by atoms with Crippen molar-refractivity contribution in [1.29, 1.82) is 0 Å². The van der Waals surface area contributed by atoms with E-state index in [1.807, 2.05) is 30.3 Å². The van der Waals surface area contributed by atoms with E-state index in [4.69, 9.17) is 9.47 Å². The lowest BCUT2D eigenvalue weighted by Crippen LogP contribution is -2.50. The summed E-state index contributed by atoms with van der Waals surface area (Å²) in [5.74, 6) is -1.03. The van der Waals surface area contributed by atoms with Gasteiger partial charge in [-0.2, -0.15) is 0 Å². The van der Waals surface area contributed by atoms with Crippen molar-refractivity contribution in [1.82, 2.24) is 10.2 Å². The van der Waals surface area contributed by atoms with Gasteiger partial charge in [-0.25, -0.2) is 4.79 Å². The van der Waals surface area contributed by atoms with Gasteiger partial charge in [0.15, 0.2) is 0 Å². The fourth-order valence-electron chi connectivity index (χ4n) is 2.24. The summed E-state index contributed by atoms with van der Waals surface area (Å²) in [6, 6.07) is 8.17. The second-order valence-electron chi connectivity index (χ2n) is 6.58. The third kappa shape index (κ3) is 5.63. The van der Waals surface area contributed by atoms with E-state index in [9.17, 15) is 14.4 Å². The van der Waals surface area contributed by atoms with Crippen LogP contribution >= 0.6 is 0 Å². The summed E-state index contributed by atoms with van der Waals surface area (Å²) in [4.78, 5) is 37.5. The van der Waals surface area contributed by atoms with Crippen LogP contribution < -0.4 is 5.32 Å². The van der Waals surface area contributed by atoms with Crippen molar-refractivity contribution in [2.24, 2.45) is 0 Å². The minimum Gasteiger partial charge on any atom is -0.460 e. The predicted molar refractivity (Wildman–Crippen MR) is 90.0 cm³/mol. The molecule has 1 aromatic carbocycles. The minimum atomic E-state index is -1.01. The first-order chi connectivity index (χ1) is 11.8. The topological polar surface area (TPSA) is 84.9 Å². The van der Waals surface area contributed by atoms with Crippen LogP contribution in [0.5, 0.6) is 0 Å². The molecule has 0 aromatic heterocycles. The zero-order valence-corrected chi connectivity index (χ0v) is 14.5. The summed E-state index contributed by atoms with van der Waals surface area (Å²) in [6.45, 7) is 5.28. The summed E-state index contributed by atoms with van der Waals surface area (Å²) in [5.41, 5.74) is 0.154. The number of esters is 1. The normalized spacial score (nSPS) is 17.0. The maximum Gasteiger partial charge on any atom is 0.414 e. The van der Waals surface area contributed by atoms with E-state index in [-0.39, 0.29) is 13.0 Å². The molecule has 0 aliphatic carbocycles. The van der Waals surface area contributed by atoms with E-state index in [0.29, 0.717) is 0 Å². The summed E-state index contributed by atoms with van der Waals surface area (Å²) < 4.78 is 10.5. The molecule has 0 saturated carbocycles. The highest BCUT2D eigenvalue weighted by molar-refractivity contribution is 5.91. The maximum absolute atomic E-state index is 12.3. The van der Waals surface area contributed by atoms with Crippen LogP contribution in [0.3, 0.4) is 0 Å². The van der Waals surface area contributed by atoms with Crippen molar-refractivity contribution in [3.05, 3.63) is 48.3 Å². The highest BCUT2D eigenvalue weighted by Gasteiger charge is 2.35. The lowest BCUT2D eigenvalue weighted by Gasteiger charge is -2.30. The maximum atomic E-state index is 12.3. The average Bonchev–Trinajstić information content (AvgIpc) is 2.54. The third-order valence-corrected chi connectivity index (χ3v) is 3.30. The molecular formula is C18H22N2O5. The fourth-order valence-corrected chi connectivity index (χ4v) is 2.24. The van der Waals surface area contributed by atoms with Crippen LogP contribution in [-0.4, -0.2) is 34.5 Å². The standard InChI is InChI=1S/C18H22N2O5/c1-18(2,3)25-15(21)11-14-16(22)19-9-10-20(14)17(23)24-12-13-7-5-4-6-8-13/h4-10,14H,11-12H2,1-3H3,(H,19,22).